The number of rotatable bonds is 3. The third-order valence-electron chi connectivity index (χ3n) is 2.78. The lowest BCUT2D eigenvalue weighted by molar-refractivity contribution is 0.144. The third-order valence-corrected chi connectivity index (χ3v) is 2.78. The molecule has 0 atom stereocenters. The van der Waals surface area contributed by atoms with E-state index in [0.717, 1.165) is 29.4 Å². The molecule has 0 aliphatic carbocycles. The zero-order valence-corrected chi connectivity index (χ0v) is 10.6. The molecule has 5 heteroatoms. The van der Waals surface area contributed by atoms with E-state index < -0.39 is 6.09 Å². The first-order chi connectivity index (χ1) is 8.63. The third kappa shape index (κ3) is 2.30. The molecule has 1 aromatic carbocycles. The number of aromatic nitrogens is 2. The number of carbonyl (C=O) groups is 1. The smallest absolute Gasteiger partial charge is 0.435 e. The number of carbonyl (C=O) groups excluding carboxylic acids is 1. The normalized spacial score (nSPS) is 10.8. The summed E-state index contributed by atoms with van der Waals surface area (Å²) in [5.74, 6) is 0. The summed E-state index contributed by atoms with van der Waals surface area (Å²) in [6.07, 6.45) is 1.41. The highest BCUT2D eigenvalue weighted by Gasteiger charge is 2.14. The van der Waals surface area contributed by atoms with E-state index in [1.807, 2.05) is 19.9 Å². The van der Waals surface area contributed by atoms with E-state index in [4.69, 9.17) is 10.5 Å². The Morgan fingerprint density at radius 3 is 3.00 bits per heavy atom. The van der Waals surface area contributed by atoms with Gasteiger partial charge in [0.2, 0.25) is 0 Å². The number of benzene rings is 1. The van der Waals surface area contributed by atoms with E-state index >= 15 is 0 Å². The van der Waals surface area contributed by atoms with Gasteiger partial charge in [0.15, 0.2) is 0 Å². The second-order valence-electron chi connectivity index (χ2n) is 4.24. The summed E-state index contributed by atoms with van der Waals surface area (Å²) in [5, 5.41) is 5.07. The van der Waals surface area contributed by atoms with Gasteiger partial charge in [-0.3, -0.25) is 0 Å². The van der Waals surface area contributed by atoms with Crippen LogP contribution in [0.2, 0.25) is 0 Å². The minimum Gasteiger partial charge on any atom is -0.448 e. The lowest BCUT2D eigenvalue weighted by atomic mass is 10.2. The summed E-state index contributed by atoms with van der Waals surface area (Å²) in [4.78, 5) is 11.9. The van der Waals surface area contributed by atoms with Gasteiger partial charge in [0, 0.05) is 11.1 Å². The predicted molar refractivity (Wildman–Crippen MR) is 70.5 cm³/mol. The van der Waals surface area contributed by atoms with Gasteiger partial charge in [-0.1, -0.05) is 13.3 Å². The highest BCUT2D eigenvalue weighted by Crippen LogP contribution is 2.21. The molecule has 0 saturated heterocycles. The van der Waals surface area contributed by atoms with Gasteiger partial charge in [-0.2, -0.15) is 9.78 Å². The van der Waals surface area contributed by atoms with Crippen LogP contribution in [0.5, 0.6) is 0 Å². The van der Waals surface area contributed by atoms with Gasteiger partial charge < -0.3 is 10.5 Å². The molecule has 0 saturated carbocycles. The lowest BCUT2D eigenvalue weighted by Gasteiger charge is -2.04. The highest BCUT2D eigenvalue weighted by atomic mass is 16.6. The second-order valence-corrected chi connectivity index (χ2v) is 4.24. The van der Waals surface area contributed by atoms with Crippen molar-refractivity contribution >= 4 is 22.7 Å². The molecule has 0 aliphatic rings. The standard InChI is InChI=1S/C13H17N3O2/c1-3-4-7-18-13(17)16-12-6-5-10(14)8-11(12)9(2)15-16/h5-6,8H,3-4,7,14H2,1-2H3. The Labute approximate surface area is 106 Å². The van der Waals surface area contributed by atoms with Crippen molar-refractivity contribution in [2.24, 2.45) is 0 Å². The summed E-state index contributed by atoms with van der Waals surface area (Å²) in [6.45, 7) is 4.31. The van der Waals surface area contributed by atoms with Crippen LogP contribution in [-0.4, -0.2) is 22.5 Å². The van der Waals surface area contributed by atoms with Crippen LogP contribution in [0.3, 0.4) is 0 Å². The summed E-state index contributed by atoms with van der Waals surface area (Å²) in [7, 11) is 0. The first-order valence-electron chi connectivity index (χ1n) is 6.05. The monoisotopic (exact) mass is 247 g/mol. The Morgan fingerprint density at radius 1 is 1.50 bits per heavy atom. The van der Waals surface area contributed by atoms with Gasteiger partial charge in [-0.25, -0.2) is 4.79 Å². The fourth-order valence-corrected chi connectivity index (χ4v) is 1.79. The maximum atomic E-state index is 11.9. The Balaban J connectivity index is 2.31. The molecule has 0 fully saturated rings. The van der Waals surface area contributed by atoms with Crippen LogP contribution in [0, 0.1) is 6.92 Å². The van der Waals surface area contributed by atoms with Crippen molar-refractivity contribution in [1.82, 2.24) is 9.78 Å². The largest absolute Gasteiger partial charge is 0.448 e. The molecule has 0 bridgehead atoms. The first kappa shape index (κ1) is 12.4. The number of nitrogens with zero attached hydrogens (tertiary/aromatic N) is 2. The van der Waals surface area contributed by atoms with Crippen LogP contribution >= 0.6 is 0 Å². The number of ether oxygens (including phenoxy) is 1. The number of anilines is 1. The van der Waals surface area contributed by atoms with Gasteiger partial charge >= 0.3 is 6.09 Å². The van der Waals surface area contributed by atoms with E-state index in [-0.39, 0.29) is 0 Å². The minimum atomic E-state index is -0.439. The molecule has 5 nitrogen and oxygen atoms in total. The predicted octanol–water partition coefficient (Wildman–Crippen LogP) is 2.71. The maximum Gasteiger partial charge on any atom is 0.435 e. The molecular formula is C13H17N3O2. The summed E-state index contributed by atoms with van der Waals surface area (Å²) in [6, 6.07) is 5.35. The molecule has 1 heterocycles. The summed E-state index contributed by atoms with van der Waals surface area (Å²) in [5.41, 5.74) is 7.87. The number of nitrogens with two attached hydrogens (primary N) is 1. The fraction of sp³-hybridized carbons (Fsp3) is 0.385. The summed E-state index contributed by atoms with van der Waals surface area (Å²) < 4.78 is 6.44. The van der Waals surface area contributed by atoms with Gasteiger partial charge in [-0.15, -0.1) is 0 Å². The molecule has 1 aromatic heterocycles. The molecule has 0 unspecified atom stereocenters. The van der Waals surface area contributed by atoms with Gasteiger partial charge in [-0.05, 0) is 31.5 Å². The van der Waals surface area contributed by atoms with Crippen molar-refractivity contribution in [3.05, 3.63) is 23.9 Å². The highest BCUT2D eigenvalue weighted by molar-refractivity contribution is 5.91. The van der Waals surface area contributed by atoms with Gasteiger partial charge in [0.05, 0.1) is 17.8 Å². The Morgan fingerprint density at radius 2 is 2.28 bits per heavy atom. The topological polar surface area (TPSA) is 70.1 Å². The maximum absolute atomic E-state index is 11.9. The molecule has 0 radical (unpaired) electrons. The Hall–Kier alpha value is -2.04. The van der Waals surface area contributed by atoms with Crippen LogP contribution < -0.4 is 5.73 Å². The average Bonchev–Trinajstić information content (AvgIpc) is 2.67. The van der Waals surface area contributed by atoms with Crippen molar-refractivity contribution < 1.29 is 9.53 Å². The Kier molecular flexibility index (Phi) is 3.50. The molecule has 2 aromatic rings. The SMILES string of the molecule is CCCCOC(=O)n1nc(C)c2cc(N)ccc21. The first-order valence-corrected chi connectivity index (χ1v) is 6.05. The summed E-state index contributed by atoms with van der Waals surface area (Å²) >= 11 is 0. The van der Waals surface area contributed by atoms with Gasteiger partial charge in [0.25, 0.3) is 0 Å². The molecule has 18 heavy (non-hydrogen) atoms. The Bertz CT molecular complexity index is 575. The van der Waals surface area contributed by atoms with E-state index in [9.17, 15) is 4.79 Å². The molecule has 2 rings (SSSR count). The zero-order valence-electron chi connectivity index (χ0n) is 10.6. The van der Waals surface area contributed by atoms with E-state index in [2.05, 4.69) is 5.10 Å². The van der Waals surface area contributed by atoms with Crippen molar-refractivity contribution in [3.63, 3.8) is 0 Å². The van der Waals surface area contributed by atoms with E-state index in [1.165, 1.54) is 4.68 Å². The van der Waals surface area contributed by atoms with Gasteiger partial charge in [0.1, 0.15) is 0 Å². The fourth-order valence-electron chi connectivity index (χ4n) is 1.79. The number of fused-ring (bicyclic) bond motifs is 1. The van der Waals surface area contributed by atoms with Crippen LogP contribution in [-0.2, 0) is 4.74 Å². The van der Waals surface area contributed by atoms with E-state index in [1.54, 1.807) is 12.1 Å². The number of aryl methyl sites for hydroxylation is 1. The van der Waals surface area contributed by atoms with E-state index in [0.29, 0.717) is 12.3 Å². The van der Waals surface area contributed by atoms with Crippen LogP contribution in [0.15, 0.2) is 18.2 Å². The molecular weight excluding hydrogens is 230 g/mol. The van der Waals surface area contributed by atoms with Crippen molar-refractivity contribution in [2.75, 3.05) is 12.3 Å². The number of nitrogen functional groups attached to an aromatic ring is 1. The van der Waals surface area contributed by atoms with Crippen molar-refractivity contribution in [1.29, 1.82) is 0 Å². The lowest BCUT2D eigenvalue weighted by Crippen LogP contribution is -2.15. The number of unbranched alkanes of at least 4 members (excludes halogenated alkanes) is 1. The number of hydrogen-bond donors (Lipinski definition) is 1. The van der Waals surface area contributed by atoms with Crippen molar-refractivity contribution in [3.8, 4) is 0 Å². The zero-order chi connectivity index (χ0) is 13.1. The van der Waals surface area contributed by atoms with Crippen molar-refractivity contribution in [2.45, 2.75) is 26.7 Å². The second kappa shape index (κ2) is 5.08. The van der Waals surface area contributed by atoms with Crippen LogP contribution in [0.4, 0.5) is 10.5 Å². The number of hydrogen-bond acceptors (Lipinski definition) is 4. The molecule has 96 valence electrons. The average molecular weight is 247 g/mol. The van der Waals surface area contributed by atoms with Crippen LogP contribution in [0.1, 0.15) is 25.5 Å². The molecule has 0 aliphatic heterocycles. The minimum absolute atomic E-state index is 0.421. The van der Waals surface area contributed by atoms with Crippen LogP contribution in [0.25, 0.3) is 10.9 Å². The quantitative estimate of drug-likeness (QED) is 0.668. The molecule has 2 N–H and O–H groups in total. The molecule has 0 amide bonds. The molecule has 0 spiro atoms.